The van der Waals surface area contributed by atoms with Gasteiger partial charge in [-0.2, -0.15) is 0 Å². The smallest absolute Gasteiger partial charge is 0.243 e. The summed E-state index contributed by atoms with van der Waals surface area (Å²) in [5.41, 5.74) is 4.00. The van der Waals surface area contributed by atoms with E-state index in [9.17, 15) is 19.4 Å². The van der Waals surface area contributed by atoms with Gasteiger partial charge < -0.3 is 15.1 Å². The first-order valence-corrected chi connectivity index (χ1v) is 12.7. The SMILES string of the molecule is O=C1[C@H](SC[C@H](O)c2ccc(Cl)c(F)c2)[C@@H](c2ccc(O)cc2)N1c1ccc(-c2cccnc2)cc1. The van der Waals surface area contributed by atoms with Crippen molar-refractivity contribution in [3.8, 4) is 16.9 Å². The Balaban J connectivity index is 1.37. The van der Waals surface area contributed by atoms with Crippen molar-refractivity contribution in [3.05, 3.63) is 113 Å². The number of aliphatic hydroxyl groups excluding tert-OH is 1. The number of phenolic OH excluding ortho intramolecular Hbond substituents is 1. The second kappa shape index (κ2) is 10.3. The molecule has 0 radical (unpaired) electrons. The summed E-state index contributed by atoms with van der Waals surface area (Å²) in [6, 6.07) is 22.2. The summed E-state index contributed by atoms with van der Waals surface area (Å²) in [6.45, 7) is 0. The van der Waals surface area contributed by atoms with Gasteiger partial charge in [0.05, 0.1) is 17.2 Å². The van der Waals surface area contributed by atoms with Gasteiger partial charge >= 0.3 is 0 Å². The highest BCUT2D eigenvalue weighted by atomic mass is 35.5. The van der Waals surface area contributed by atoms with Crippen molar-refractivity contribution in [1.29, 1.82) is 0 Å². The van der Waals surface area contributed by atoms with Crippen molar-refractivity contribution in [2.75, 3.05) is 10.7 Å². The number of carbonyl (C=O) groups excluding carboxylic acids is 1. The molecule has 182 valence electrons. The van der Waals surface area contributed by atoms with Crippen LogP contribution in [0.3, 0.4) is 0 Å². The fourth-order valence-corrected chi connectivity index (χ4v) is 5.68. The van der Waals surface area contributed by atoms with Crippen molar-refractivity contribution >= 4 is 35.0 Å². The largest absolute Gasteiger partial charge is 0.508 e. The number of halogens is 2. The van der Waals surface area contributed by atoms with Gasteiger partial charge in [-0.1, -0.05) is 48.0 Å². The number of nitrogens with zero attached hydrogens (tertiary/aromatic N) is 2. The van der Waals surface area contributed by atoms with Gasteiger partial charge in [0, 0.05) is 23.8 Å². The third-order valence-electron chi connectivity index (χ3n) is 6.18. The van der Waals surface area contributed by atoms with Crippen LogP contribution in [0.1, 0.15) is 23.3 Å². The van der Waals surface area contributed by atoms with E-state index < -0.39 is 17.2 Å². The summed E-state index contributed by atoms with van der Waals surface area (Å²) in [5.74, 6) is -0.330. The molecular formula is C28H22ClFN2O3S. The fourth-order valence-electron chi connectivity index (χ4n) is 4.27. The van der Waals surface area contributed by atoms with Crippen LogP contribution < -0.4 is 4.90 Å². The van der Waals surface area contributed by atoms with Gasteiger partial charge in [-0.25, -0.2) is 4.39 Å². The Kier molecular flexibility index (Phi) is 6.96. The lowest BCUT2D eigenvalue weighted by molar-refractivity contribution is -0.123. The lowest BCUT2D eigenvalue weighted by Crippen LogP contribution is -2.57. The Morgan fingerprint density at radius 3 is 2.44 bits per heavy atom. The van der Waals surface area contributed by atoms with E-state index in [4.69, 9.17) is 11.6 Å². The first-order chi connectivity index (χ1) is 17.4. The summed E-state index contributed by atoms with van der Waals surface area (Å²) in [5, 5.41) is 19.9. The topological polar surface area (TPSA) is 73.7 Å². The zero-order valence-corrected chi connectivity index (χ0v) is 20.5. The molecule has 1 saturated heterocycles. The van der Waals surface area contributed by atoms with E-state index in [1.807, 2.05) is 36.4 Å². The summed E-state index contributed by atoms with van der Waals surface area (Å²) in [7, 11) is 0. The molecule has 2 heterocycles. The number of hydrogen-bond donors (Lipinski definition) is 2. The monoisotopic (exact) mass is 520 g/mol. The van der Waals surface area contributed by atoms with Crippen molar-refractivity contribution in [1.82, 2.24) is 4.98 Å². The molecule has 1 aliphatic rings. The van der Waals surface area contributed by atoms with E-state index in [0.29, 0.717) is 5.56 Å². The molecule has 1 aliphatic heterocycles. The summed E-state index contributed by atoms with van der Waals surface area (Å²) in [4.78, 5) is 19.2. The highest BCUT2D eigenvalue weighted by Crippen LogP contribution is 2.46. The molecule has 3 aromatic carbocycles. The van der Waals surface area contributed by atoms with Gasteiger partial charge in [0.1, 0.15) is 16.8 Å². The molecule has 0 spiro atoms. The number of β-lactam (4-membered cyclic amide) rings is 1. The quantitative estimate of drug-likeness (QED) is 0.285. The second-order valence-electron chi connectivity index (χ2n) is 8.48. The Bertz CT molecular complexity index is 1370. The van der Waals surface area contributed by atoms with Crippen LogP contribution in [-0.4, -0.2) is 32.1 Å². The van der Waals surface area contributed by atoms with E-state index in [0.717, 1.165) is 22.4 Å². The molecule has 0 saturated carbocycles. The maximum atomic E-state index is 13.8. The number of amides is 1. The molecule has 5 rings (SSSR count). The number of rotatable bonds is 7. The van der Waals surface area contributed by atoms with Crippen LogP contribution in [0.4, 0.5) is 10.1 Å². The lowest BCUT2D eigenvalue weighted by Gasteiger charge is -2.47. The van der Waals surface area contributed by atoms with Gasteiger partial charge in [-0.3, -0.25) is 9.78 Å². The third-order valence-corrected chi connectivity index (χ3v) is 7.82. The van der Waals surface area contributed by atoms with Crippen LogP contribution in [0, 0.1) is 5.82 Å². The number of aromatic hydroxyl groups is 1. The van der Waals surface area contributed by atoms with E-state index >= 15 is 0 Å². The summed E-state index contributed by atoms with van der Waals surface area (Å²) < 4.78 is 13.8. The predicted octanol–water partition coefficient (Wildman–Crippen LogP) is 6.17. The average Bonchev–Trinajstić information content (AvgIpc) is 2.90. The number of anilines is 1. The maximum absolute atomic E-state index is 13.8. The third kappa shape index (κ3) is 4.82. The van der Waals surface area contributed by atoms with E-state index in [-0.39, 0.29) is 28.5 Å². The number of benzene rings is 3. The number of hydrogen-bond acceptors (Lipinski definition) is 5. The summed E-state index contributed by atoms with van der Waals surface area (Å²) >= 11 is 7.07. The number of aromatic nitrogens is 1. The standard InChI is InChI=1S/C28H22ClFN2O3S/c29-23-12-7-19(14-24(23)30)25(34)16-36-27-26(18-5-10-22(33)11-6-18)32(28(27)35)21-8-3-17(4-9-21)20-2-1-13-31-15-20/h1-15,25-27,33-34H,16H2/t25-,26+,27+/m0/s1. The van der Waals surface area contributed by atoms with Gasteiger partial charge in [0.2, 0.25) is 5.91 Å². The molecule has 1 amide bonds. The zero-order chi connectivity index (χ0) is 25.2. The van der Waals surface area contributed by atoms with Crippen LogP contribution in [0.5, 0.6) is 5.75 Å². The lowest BCUT2D eigenvalue weighted by atomic mass is 9.92. The number of carbonyl (C=O) groups is 1. The van der Waals surface area contributed by atoms with E-state index in [1.54, 1.807) is 47.6 Å². The van der Waals surface area contributed by atoms with Crippen LogP contribution >= 0.6 is 23.4 Å². The molecule has 1 fully saturated rings. The summed E-state index contributed by atoms with van der Waals surface area (Å²) in [6.07, 6.45) is 2.55. The highest BCUT2D eigenvalue weighted by Gasteiger charge is 2.49. The average molecular weight is 521 g/mol. The molecule has 36 heavy (non-hydrogen) atoms. The van der Waals surface area contributed by atoms with Gasteiger partial charge in [-0.15, -0.1) is 11.8 Å². The second-order valence-corrected chi connectivity index (χ2v) is 10.1. The van der Waals surface area contributed by atoms with Crippen LogP contribution in [0.25, 0.3) is 11.1 Å². The molecule has 8 heteroatoms. The molecule has 0 aliphatic carbocycles. The van der Waals surface area contributed by atoms with E-state index in [1.165, 1.54) is 23.9 Å². The number of phenols is 1. The van der Waals surface area contributed by atoms with E-state index in [2.05, 4.69) is 4.98 Å². The fraction of sp³-hybridized carbons (Fsp3) is 0.143. The maximum Gasteiger partial charge on any atom is 0.243 e. The molecule has 5 nitrogen and oxygen atoms in total. The zero-order valence-electron chi connectivity index (χ0n) is 19.0. The minimum atomic E-state index is -0.956. The number of pyridine rings is 1. The van der Waals surface area contributed by atoms with Crippen LogP contribution in [-0.2, 0) is 4.79 Å². The molecular weight excluding hydrogens is 499 g/mol. The minimum absolute atomic E-state index is 0.00893. The van der Waals surface area contributed by atoms with Crippen molar-refractivity contribution in [2.24, 2.45) is 0 Å². The van der Waals surface area contributed by atoms with Gasteiger partial charge in [0.15, 0.2) is 0 Å². The Hall–Kier alpha value is -3.39. The predicted molar refractivity (Wildman–Crippen MR) is 141 cm³/mol. The van der Waals surface area contributed by atoms with Crippen molar-refractivity contribution in [2.45, 2.75) is 17.4 Å². The normalized spacial score (nSPS) is 18.1. The molecule has 4 aromatic rings. The van der Waals surface area contributed by atoms with Gasteiger partial charge in [-0.05, 0) is 64.7 Å². The number of thioether (sulfide) groups is 1. The van der Waals surface area contributed by atoms with Crippen molar-refractivity contribution in [3.63, 3.8) is 0 Å². The Labute approximate surface area is 217 Å². The van der Waals surface area contributed by atoms with Crippen LogP contribution in [0.2, 0.25) is 5.02 Å². The Morgan fingerprint density at radius 1 is 1.03 bits per heavy atom. The highest BCUT2D eigenvalue weighted by molar-refractivity contribution is 8.00. The van der Waals surface area contributed by atoms with Gasteiger partial charge in [0.25, 0.3) is 0 Å². The molecule has 3 atom stereocenters. The molecule has 1 aromatic heterocycles. The first kappa shape index (κ1) is 24.3. The first-order valence-electron chi connectivity index (χ1n) is 11.3. The Morgan fingerprint density at radius 2 is 1.78 bits per heavy atom. The molecule has 2 N–H and O–H groups in total. The number of aliphatic hydroxyl groups is 1. The van der Waals surface area contributed by atoms with Crippen LogP contribution in [0.15, 0.2) is 91.3 Å². The molecule has 0 bridgehead atoms. The minimum Gasteiger partial charge on any atom is -0.508 e. The molecule has 0 unspecified atom stereocenters. The van der Waals surface area contributed by atoms with Crippen molar-refractivity contribution < 1.29 is 19.4 Å².